The molecule has 0 saturated carbocycles. The zero-order chi connectivity index (χ0) is 16.7. The first-order valence-corrected chi connectivity index (χ1v) is 8.28. The first-order valence-electron chi connectivity index (χ1n) is 7.91. The van der Waals surface area contributed by atoms with Gasteiger partial charge in [-0.2, -0.15) is 0 Å². The zero-order valence-electron chi connectivity index (χ0n) is 13.6. The van der Waals surface area contributed by atoms with Crippen LogP contribution in [0.5, 0.6) is 5.75 Å². The SMILES string of the molecule is COc1ccc(C(NC(C)CCCO)c2ccccc2Cl)cc1. The highest BCUT2D eigenvalue weighted by atomic mass is 35.5. The normalized spacial score (nSPS) is 13.6. The number of halogens is 1. The molecule has 0 aromatic heterocycles. The van der Waals surface area contributed by atoms with Crippen molar-refractivity contribution < 1.29 is 9.84 Å². The van der Waals surface area contributed by atoms with Crippen LogP contribution < -0.4 is 10.1 Å². The molecule has 2 aromatic carbocycles. The molecule has 0 fully saturated rings. The van der Waals surface area contributed by atoms with Gasteiger partial charge < -0.3 is 15.2 Å². The lowest BCUT2D eigenvalue weighted by Crippen LogP contribution is -2.31. The van der Waals surface area contributed by atoms with Crippen molar-refractivity contribution in [1.29, 1.82) is 0 Å². The van der Waals surface area contributed by atoms with E-state index in [-0.39, 0.29) is 18.7 Å². The number of rotatable bonds is 8. The third-order valence-electron chi connectivity index (χ3n) is 3.91. The summed E-state index contributed by atoms with van der Waals surface area (Å²) in [7, 11) is 1.66. The van der Waals surface area contributed by atoms with Crippen LogP contribution in [0.15, 0.2) is 48.5 Å². The molecule has 124 valence electrons. The van der Waals surface area contributed by atoms with Crippen LogP contribution in [0, 0.1) is 0 Å². The summed E-state index contributed by atoms with van der Waals surface area (Å²) in [6.45, 7) is 2.34. The van der Waals surface area contributed by atoms with Crippen molar-refractivity contribution in [2.75, 3.05) is 13.7 Å². The van der Waals surface area contributed by atoms with Crippen LogP contribution in [0.3, 0.4) is 0 Å². The number of ether oxygens (including phenoxy) is 1. The summed E-state index contributed by atoms with van der Waals surface area (Å²) in [5.41, 5.74) is 2.19. The van der Waals surface area contributed by atoms with Crippen molar-refractivity contribution in [2.45, 2.75) is 31.8 Å². The molecular formula is C19H24ClNO2. The Morgan fingerprint density at radius 3 is 2.43 bits per heavy atom. The Morgan fingerprint density at radius 1 is 1.13 bits per heavy atom. The Kier molecular flexibility index (Phi) is 6.90. The molecule has 0 aliphatic carbocycles. The minimum atomic E-state index is 0.00305. The third-order valence-corrected chi connectivity index (χ3v) is 4.26. The summed E-state index contributed by atoms with van der Waals surface area (Å²) in [4.78, 5) is 0. The van der Waals surface area contributed by atoms with E-state index in [1.54, 1.807) is 7.11 Å². The second kappa shape index (κ2) is 8.92. The minimum absolute atomic E-state index is 0.00305. The fourth-order valence-electron chi connectivity index (χ4n) is 2.64. The molecule has 23 heavy (non-hydrogen) atoms. The highest BCUT2D eigenvalue weighted by Crippen LogP contribution is 2.30. The predicted octanol–water partition coefficient (Wildman–Crippen LogP) is 4.19. The summed E-state index contributed by atoms with van der Waals surface area (Å²) >= 11 is 6.41. The van der Waals surface area contributed by atoms with E-state index in [4.69, 9.17) is 21.4 Å². The van der Waals surface area contributed by atoms with Gasteiger partial charge in [-0.15, -0.1) is 0 Å². The van der Waals surface area contributed by atoms with Gasteiger partial charge in [-0.1, -0.05) is 41.9 Å². The van der Waals surface area contributed by atoms with Gasteiger partial charge >= 0.3 is 0 Å². The number of benzene rings is 2. The van der Waals surface area contributed by atoms with E-state index < -0.39 is 0 Å². The molecule has 0 aliphatic rings. The molecule has 0 saturated heterocycles. The van der Waals surface area contributed by atoms with E-state index in [1.165, 1.54) is 0 Å². The quantitative estimate of drug-likeness (QED) is 0.761. The summed E-state index contributed by atoms with van der Waals surface area (Å²) in [6, 6.07) is 16.2. The Morgan fingerprint density at radius 2 is 1.83 bits per heavy atom. The van der Waals surface area contributed by atoms with Gasteiger partial charge in [0.1, 0.15) is 5.75 Å². The van der Waals surface area contributed by atoms with E-state index in [1.807, 2.05) is 36.4 Å². The number of hydrogen-bond acceptors (Lipinski definition) is 3. The number of aliphatic hydroxyl groups is 1. The van der Waals surface area contributed by atoms with Gasteiger partial charge in [0.25, 0.3) is 0 Å². The minimum Gasteiger partial charge on any atom is -0.497 e. The van der Waals surface area contributed by atoms with E-state index in [9.17, 15) is 0 Å². The Bertz CT molecular complexity index is 601. The molecular weight excluding hydrogens is 310 g/mol. The summed E-state index contributed by atoms with van der Waals surface area (Å²) in [5, 5.41) is 13.4. The molecule has 3 nitrogen and oxygen atoms in total. The van der Waals surface area contributed by atoms with Crippen LogP contribution in [0.1, 0.15) is 36.9 Å². The van der Waals surface area contributed by atoms with Crippen molar-refractivity contribution in [2.24, 2.45) is 0 Å². The number of nitrogens with one attached hydrogen (secondary N) is 1. The van der Waals surface area contributed by atoms with Crippen LogP contribution in [0.2, 0.25) is 5.02 Å². The van der Waals surface area contributed by atoms with Gasteiger partial charge in [0, 0.05) is 17.7 Å². The van der Waals surface area contributed by atoms with Crippen molar-refractivity contribution in [3.63, 3.8) is 0 Å². The molecule has 0 amide bonds. The molecule has 4 heteroatoms. The lowest BCUT2D eigenvalue weighted by molar-refractivity contribution is 0.275. The fraction of sp³-hybridized carbons (Fsp3) is 0.368. The van der Waals surface area contributed by atoms with E-state index in [0.29, 0.717) is 0 Å². The van der Waals surface area contributed by atoms with E-state index in [2.05, 4.69) is 24.4 Å². The van der Waals surface area contributed by atoms with Gasteiger partial charge in [-0.3, -0.25) is 0 Å². The monoisotopic (exact) mass is 333 g/mol. The molecule has 0 bridgehead atoms. The summed E-state index contributed by atoms with van der Waals surface area (Å²) in [6.07, 6.45) is 1.69. The molecule has 0 heterocycles. The topological polar surface area (TPSA) is 41.5 Å². The molecule has 0 spiro atoms. The highest BCUT2D eigenvalue weighted by Gasteiger charge is 2.18. The number of aliphatic hydroxyl groups excluding tert-OH is 1. The Balaban J connectivity index is 2.28. The maximum absolute atomic E-state index is 9.02. The smallest absolute Gasteiger partial charge is 0.118 e. The van der Waals surface area contributed by atoms with Gasteiger partial charge in [-0.25, -0.2) is 0 Å². The Hall–Kier alpha value is -1.55. The first-order chi connectivity index (χ1) is 11.2. The predicted molar refractivity (Wildman–Crippen MR) is 95.2 cm³/mol. The van der Waals surface area contributed by atoms with Crippen molar-refractivity contribution in [1.82, 2.24) is 5.32 Å². The number of methoxy groups -OCH3 is 1. The fourth-order valence-corrected chi connectivity index (χ4v) is 2.88. The molecule has 0 radical (unpaired) electrons. The maximum Gasteiger partial charge on any atom is 0.118 e. The first kappa shape index (κ1) is 17.8. The van der Waals surface area contributed by atoms with Crippen LogP contribution >= 0.6 is 11.6 Å². The van der Waals surface area contributed by atoms with Crippen LogP contribution in [-0.2, 0) is 0 Å². The Labute approximate surface area is 143 Å². The second-order valence-corrected chi connectivity index (χ2v) is 6.07. The number of hydrogen-bond donors (Lipinski definition) is 2. The molecule has 2 N–H and O–H groups in total. The van der Waals surface area contributed by atoms with Crippen molar-refractivity contribution >= 4 is 11.6 Å². The van der Waals surface area contributed by atoms with Crippen molar-refractivity contribution in [3.8, 4) is 5.75 Å². The van der Waals surface area contributed by atoms with Crippen LogP contribution in [0.25, 0.3) is 0 Å². The van der Waals surface area contributed by atoms with Crippen molar-refractivity contribution in [3.05, 3.63) is 64.7 Å². The van der Waals surface area contributed by atoms with Gasteiger partial charge in [0.15, 0.2) is 0 Å². The maximum atomic E-state index is 9.02. The molecule has 2 unspecified atom stereocenters. The lowest BCUT2D eigenvalue weighted by Gasteiger charge is -2.25. The van der Waals surface area contributed by atoms with E-state index >= 15 is 0 Å². The van der Waals surface area contributed by atoms with Gasteiger partial charge in [0.05, 0.1) is 13.2 Å². The molecule has 0 aliphatic heterocycles. The van der Waals surface area contributed by atoms with E-state index in [0.717, 1.165) is 34.7 Å². The van der Waals surface area contributed by atoms with Gasteiger partial charge in [-0.05, 0) is 49.1 Å². The third kappa shape index (κ3) is 4.96. The molecule has 2 atom stereocenters. The average molecular weight is 334 g/mol. The zero-order valence-corrected chi connectivity index (χ0v) is 14.4. The lowest BCUT2D eigenvalue weighted by atomic mass is 9.97. The standard InChI is InChI=1S/C19H24ClNO2/c1-14(6-5-13-22)21-19(17-7-3-4-8-18(17)20)15-9-11-16(23-2)12-10-15/h3-4,7-12,14,19,21-22H,5-6,13H2,1-2H3. The van der Waals surface area contributed by atoms with Crippen LogP contribution in [-0.4, -0.2) is 24.9 Å². The average Bonchev–Trinajstić information content (AvgIpc) is 2.59. The largest absolute Gasteiger partial charge is 0.497 e. The van der Waals surface area contributed by atoms with Crippen LogP contribution in [0.4, 0.5) is 0 Å². The second-order valence-electron chi connectivity index (χ2n) is 5.66. The summed E-state index contributed by atoms with van der Waals surface area (Å²) in [5.74, 6) is 0.833. The molecule has 2 rings (SSSR count). The molecule has 2 aromatic rings. The highest BCUT2D eigenvalue weighted by molar-refractivity contribution is 6.31. The summed E-state index contributed by atoms with van der Waals surface area (Å²) < 4.78 is 5.24. The van der Waals surface area contributed by atoms with Gasteiger partial charge in [0.2, 0.25) is 0 Å².